The minimum absolute atomic E-state index is 0.00614. The molecule has 0 spiro atoms. The van der Waals surface area contributed by atoms with E-state index in [1.807, 2.05) is 54.3 Å². The number of carbonyl (C=O) groups excluding carboxylic acids is 1. The molecular formula is C26H28N6O2. The van der Waals surface area contributed by atoms with E-state index in [0.29, 0.717) is 24.4 Å². The van der Waals surface area contributed by atoms with Crippen LogP contribution < -0.4 is 10.1 Å². The Hall–Kier alpha value is -3.65. The van der Waals surface area contributed by atoms with Crippen LogP contribution in [0.4, 0.5) is 5.82 Å². The van der Waals surface area contributed by atoms with Gasteiger partial charge in [-0.25, -0.2) is 4.52 Å². The molecule has 1 unspecified atom stereocenters. The first-order chi connectivity index (χ1) is 16.6. The van der Waals surface area contributed by atoms with Crippen LogP contribution in [-0.4, -0.2) is 56.4 Å². The summed E-state index contributed by atoms with van der Waals surface area (Å²) in [5.41, 5.74) is 4.04. The average molecular weight is 457 g/mol. The standard InChI is InChI=1S/C26H28N6O2/c1-30-10-9-19(30)16-34-23-15-27-31(2)25(23)18-8-11-32-20(12-18)13-24(29-32)28-26(33)22-14-21(22)17-6-4-3-5-7-17/h3-8,11-13,15,19,21-22H,9-10,14,16H2,1-2H3,(H,28,29,33)/t19-,21?,22+/m1/s1. The van der Waals surface area contributed by atoms with Gasteiger partial charge < -0.3 is 10.1 Å². The summed E-state index contributed by atoms with van der Waals surface area (Å²) < 4.78 is 9.75. The van der Waals surface area contributed by atoms with Gasteiger partial charge in [0, 0.05) is 36.8 Å². The molecule has 2 aliphatic rings. The van der Waals surface area contributed by atoms with Crippen molar-refractivity contribution in [2.24, 2.45) is 13.0 Å². The van der Waals surface area contributed by atoms with Crippen LogP contribution in [-0.2, 0) is 11.8 Å². The first kappa shape index (κ1) is 20.9. The summed E-state index contributed by atoms with van der Waals surface area (Å²) in [5, 5.41) is 12.0. The fourth-order valence-corrected chi connectivity index (χ4v) is 4.79. The number of nitrogens with one attached hydrogen (secondary N) is 1. The zero-order valence-corrected chi connectivity index (χ0v) is 19.4. The number of pyridine rings is 1. The van der Waals surface area contributed by atoms with E-state index in [1.54, 1.807) is 10.7 Å². The Balaban J connectivity index is 1.17. The molecule has 174 valence electrons. The molecule has 0 bridgehead atoms. The summed E-state index contributed by atoms with van der Waals surface area (Å²) in [6, 6.07) is 16.6. The van der Waals surface area contributed by atoms with Crippen molar-refractivity contribution in [3.8, 4) is 17.0 Å². The van der Waals surface area contributed by atoms with Crippen molar-refractivity contribution < 1.29 is 9.53 Å². The second kappa shape index (κ2) is 8.29. The maximum atomic E-state index is 12.8. The predicted molar refractivity (Wildman–Crippen MR) is 130 cm³/mol. The average Bonchev–Trinajstić information content (AvgIpc) is 3.43. The van der Waals surface area contributed by atoms with E-state index in [0.717, 1.165) is 41.9 Å². The van der Waals surface area contributed by atoms with Gasteiger partial charge in [0.25, 0.3) is 0 Å². The number of aromatic nitrogens is 4. The van der Waals surface area contributed by atoms with E-state index in [-0.39, 0.29) is 11.8 Å². The molecule has 1 aliphatic carbocycles. The van der Waals surface area contributed by atoms with Gasteiger partial charge in [-0.3, -0.25) is 14.4 Å². The number of benzene rings is 1. The maximum Gasteiger partial charge on any atom is 0.229 e. The summed E-state index contributed by atoms with van der Waals surface area (Å²) >= 11 is 0. The fraction of sp³-hybridized carbons (Fsp3) is 0.346. The molecule has 8 heteroatoms. The molecule has 1 saturated heterocycles. The number of aryl methyl sites for hydroxylation is 1. The summed E-state index contributed by atoms with van der Waals surface area (Å²) in [5.74, 6) is 1.68. The van der Waals surface area contributed by atoms with Crippen molar-refractivity contribution in [3.05, 3.63) is 66.5 Å². The maximum absolute atomic E-state index is 12.8. The lowest BCUT2D eigenvalue weighted by molar-refractivity contribution is -0.117. The second-order valence-corrected chi connectivity index (χ2v) is 9.38. The summed E-state index contributed by atoms with van der Waals surface area (Å²) in [6.45, 7) is 1.78. The first-order valence-corrected chi connectivity index (χ1v) is 11.8. The summed E-state index contributed by atoms with van der Waals surface area (Å²) in [7, 11) is 4.04. The van der Waals surface area contributed by atoms with Gasteiger partial charge in [-0.1, -0.05) is 30.3 Å². The number of fused-ring (bicyclic) bond motifs is 1. The number of likely N-dealkylation sites (tertiary alicyclic amines) is 1. The first-order valence-electron chi connectivity index (χ1n) is 11.8. The highest BCUT2D eigenvalue weighted by Gasteiger charge is 2.44. The number of carbonyl (C=O) groups is 1. The SMILES string of the molecule is CN1CC[C@@H]1COc1cnn(C)c1-c1ccn2nc(NC(=O)[C@H]3CC3c3ccccc3)cc2c1. The van der Waals surface area contributed by atoms with Crippen LogP contribution in [0.2, 0.25) is 0 Å². The monoisotopic (exact) mass is 456 g/mol. The van der Waals surface area contributed by atoms with Gasteiger partial charge in [-0.15, -0.1) is 0 Å². The van der Waals surface area contributed by atoms with E-state index in [9.17, 15) is 4.79 Å². The molecule has 34 heavy (non-hydrogen) atoms. The predicted octanol–water partition coefficient (Wildman–Crippen LogP) is 3.56. The Bertz CT molecular complexity index is 1340. The van der Waals surface area contributed by atoms with Crippen LogP contribution in [0, 0.1) is 5.92 Å². The van der Waals surface area contributed by atoms with Crippen molar-refractivity contribution in [3.63, 3.8) is 0 Å². The summed E-state index contributed by atoms with van der Waals surface area (Å²) in [6.07, 6.45) is 5.72. The van der Waals surface area contributed by atoms with Gasteiger partial charge in [0.1, 0.15) is 12.3 Å². The quantitative estimate of drug-likeness (QED) is 0.460. The minimum atomic E-state index is 0.00614. The number of likely N-dealkylation sites (N-methyl/N-ethyl adjacent to an activating group) is 1. The van der Waals surface area contributed by atoms with E-state index >= 15 is 0 Å². The van der Waals surface area contributed by atoms with E-state index in [2.05, 4.69) is 39.6 Å². The number of nitrogens with zero attached hydrogens (tertiary/aromatic N) is 5. The Morgan fingerprint density at radius 2 is 2.03 bits per heavy atom. The molecule has 4 heterocycles. The Kier molecular flexibility index (Phi) is 5.10. The molecule has 8 nitrogen and oxygen atoms in total. The molecule has 1 aromatic carbocycles. The molecule has 0 radical (unpaired) electrons. The lowest BCUT2D eigenvalue weighted by Gasteiger charge is -2.37. The van der Waals surface area contributed by atoms with Gasteiger partial charge in [0.2, 0.25) is 5.91 Å². The van der Waals surface area contributed by atoms with Crippen molar-refractivity contribution in [2.45, 2.75) is 24.8 Å². The number of hydrogen-bond acceptors (Lipinski definition) is 5. The highest BCUT2D eigenvalue weighted by molar-refractivity contribution is 5.95. The van der Waals surface area contributed by atoms with Crippen LogP contribution >= 0.6 is 0 Å². The number of hydrogen-bond donors (Lipinski definition) is 1. The van der Waals surface area contributed by atoms with Crippen LogP contribution in [0.25, 0.3) is 16.8 Å². The number of ether oxygens (including phenoxy) is 1. The fourth-order valence-electron chi connectivity index (χ4n) is 4.79. The molecule has 1 N–H and O–H groups in total. The third kappa shape index (κ3) is 3.84. The molecule has 4 aromatic rings. The second-order valence-electron chi connectivity index (χ2n) is 9.38. The van der Waals surface area contributed by atoms with Crippen LogP contribution in [0.5, 0.6) is 5.75 Å². The lowest BCUT2D eigenvalue weighted by Crippen LogP contribution is -2.48. The number of rotatable bonds is 7. The van der Waals surface area contributed by atoms with Crippen LogP contribution in [0.1, 0.15) is 24.3 Å². The largest absolute Gasteiger partial charge is 0.488 e. The van der Waals surface area contributed by atoms with Gasteiger partial charge in [0.05, 0.1) is 11.7 Å². The molecule has 1 saturated carbocycles. The highest BCUT2D eigenvalue weighted by atomic mass is 16.5. The van der Waals surface area contributed by atoms with Crippen molar-refractivity contribution in [2.75, 3.05) is 25.5 Å². The normalized spacial score (nSPS) is 21.9. The smallest absolute Gasteiger partial charge is 0.229 e. The Morgan fingerprint density at radius 1 is 1.18 bits per heavy atom. The highest BCUT2D eigenvalue weighted by Crippen LogP contribution is 2.47. The van der Waals surface area contributed by atoms with Crippen molar-refractivity contribution in [1.29, 1.82) is 0 Å². The molecule has 2 fully saturated rings. The van der Waals surface area contributed by atoms with E-state index in [1.165, 1.54) is 5.56 Å². The molecule has 3 aromatic heterocycles. The zero-order valence-electron chi connectivity index (χ0n) is 19.4. The molecule has 1 aliphatic heterocycles. The molecular weight excluding hydrogens is 428 g/mol. The Morgan fingerprint density at radius 3 is 2.79 bits per heavy atom. The van der Waals surface area contributed by atoms with Crippen LogP contribution in [0.3, 0.4) is 0 Å². The van der Waals surface area contributed by atoms with Gasteiger partial charge in [0.15, 0.2) is 11.6 Å². The van der Waals surface area contributed by atoms with E-state index in [4.69, 9.17) is 4.74 Å². The number of anilines is 1. The third-order valence-electron chi connectivity index (χ3n) is 7.12. The summed E-state index contributed by atoms with van der Waals surface area (Å²) in [4.78, 5) is 15.1. The lowest BCUT2D eigenvalue weighted by atomic mass is 10.1. The van der Waals surface area contributed by atoms with Crippen molar-refractivity contribution in [1.82, 2.24) is 24.3 Å². The zero-order chi connectivity index (χ0) is 23.2. The van der Waals surface area contributed by atoms with Gasteiger partial charge in [-0.2, -0.15) is 10.2 Å². The number of amides is 1. The van der Waals surface area contributed by atoms with Gasteiger partial charge >= 0.3 is 0 Å². The van der Waals surface area contributed by atoms with E-state index < -0.39 is 0 Å². The van der Waals surface area contributed by atoms with Gasteiger partial charge in [-0.05, 0) is 50.0 Å². The Labute approximate surface area is 198 Å². The third-order valence-corrected chi connectivity index (χ3v) is 7.12. The van der Waals surface area contributed by atoms with Crippen LogP contribution in [0.15, 0.2) is 60.9 Å². The topological polar surface area (TPSA) is 76.7 Å². The minimum Gasteiger partial charge on any atom is -0.488 e. The molecule has 3 atom stereocenters. The molecule has 1 amide bonds. The van der Waals surface area contributed by atoms with Crippen molar-refractivity contribution >= 4 is 17.2 Å². The molecule has 6 rings (SSSR count).